The second-order valence-electron chi connectivity index (χ2n) is 5.84. The van der Waals surface area contributed by atoms with Gasteiger partial charge in [0.1, 0.15) is 6.54 Å². The van der Waals surface area contributed by atoms with Gasteiger partial charge in [-0.15, -0.1) is 10.2 Å². The van der Waals surface area contributed by atoms with Crippen molar-refractivity contribution in [1.29, 1.82) is 0 Å². The summed E-state index contributed by atoms with van der Waals surface area (Å²) in [5, 5.41) is 25.1. The third kappa shape index (κ3) is 3.68. The lowest BCUT2D eigenvalue weighted by Crippen LogP contribution is -2.50. The van der Waals surface area contributed by atoms with Gasteiger partial charge in [-0.1, -0.05) is 24.4 Å². The predicted molar refractivity (Wildman–Crippen MR) is 84.7 cm³/mol. The Morgan fingerprint density at radius 3 is 2.65 bits per heavy atom. The van der Waals surface area contributed by atoms with Crippen molar-refractivity contribution in [2.45, 2.75) is 37.8 Å². The number of hydrogen-bond donors (Lipinski definition) is 2. The smallest absolute Gasteiger partial charge is 0.244 e. The first-order valence-electron chi connectivity index (χ1n) is 7.56. The van der Waals surface area contributed by atoms with Crippen molar-refractivity contribution in [3.8, 4) is 11.4 Å². The van der Waals surface area contributed by atoms with Crippen LogP contribution < -0.4 is 5.32 Å². The highest BCUT2D eigenvalue weighted by Crippen LogP contribution is 2.29. The molecule has 1 amide bonds. The quantitative estimate of drug-likeness (QED) is 0.862. The number of carbonyl (C=O) groups is 1. The van der Waals surface area contributed by atoms with Crippen LogP contribution in [0.4, 0.5) is 0 Å². The number of tetrazole rings is 1. The molecule has 3 rings (SSSR count). The van der Waals surface area contributed by atoms with E-state index in [1.54, 1.807) is 24.3 Å². The van der Waals surface area contributed by atoms with E-state index in [0.29, 0.717) is 10.8 Å². The lowest BCUT2D eigenvalue weighted by molar-refractivity contribution is -0.124. The Bertz CT molecular complexity index is 679. The number of nitrogens with one attached hydrogen (secondary N) is 1. The number of aliphatic hydroxyl groups is 1. The van der Waals surface area contributed by atoms with Gasteiger partial charge in [-0.25, -0.2) is 0 Å². The monoisotopic (exact) mass is 335 g/mol. The van der Waals surface area contributed by atoms with Crippen LogP contribution in [0.1, 0.15) is 25.7 Å². The second kappa shape index (κ2) is 6.64. The number of aliphatic hydroxyl groups excluding tert-OH is 1. The minimum Gasteiger partial charge on any atom is -0.394 e. The molecular formula is C15H18ClN5O2. The van der Waals surface area contributed by atoms with Gasteiger partial charge < -0.3 is 10.4 Å². The fourth-order valence-electron chi connectivity index (χ4n) is 2.86. The summed E-state index contributed by atoms with van der Waals surface area (Å²) in [4.78, 5) is 13.4. The molecule has 1 fully saturated rings. The Hall–Kier alpha value is -1.99. The number of nitrogens with zero attached hydrogens (tertiary/aromatic N) is 4. The van der Waals surface area contributed by atoms with Gasteiger partial charge in [0.2, 0.25) is 11.7 Å². The van der Waals surface area contributed by atoms with Gasteiger partial charge in [0.15, 0.2) is 0 Å². The van der Waals surface area contributed by atoms with Gasteiger partial charge in [0.05, 0.1) is 12.1 Å². The summed E-state index contributed by atoms with van der Waals surface area (Å²) in [7, 11) is 0. The SMILES string of the molecule is O=C(Cn1nnc(-c2ccc(Cl)cc2)n1)NC1(CO)CCCC1. The van der Waals surface area contributed by atoms with Gasteiger partial charge in [0.25, 0.3) is 0 Å². The molecule has 1 aromatic carbocycles. The predicted octanol–water partition coefficient (Wildman–Crippen LogP) is 1.41. The molecule has 8 heteroatoms. The van der Waals surface area contributed by atoms with Gasteiger partial charge in [-0.2, -0.15) is 4.80 Å². The normalized spacial score (nSPS) is 16.4. The van der Waals surface area contributed by atoms with Crippen LogP contribution in [-0.4, -0.2) is 43.4 Å². The van der Waals surface area contributed by atoms with Crippen LogP contribution >= 0.6 is 11.6 Å². The van der Waals surface area contributed by atoms with Crippen molar-refractivity contribution in [2.75, 3.05) is 6.61 Å². The maximum absolute atomic E-state index is 12.2. The van der Waals surface area contributed by atoms with Crippen molar-refractivity contribution in [2.24, 2.45) is 0 Å². The van der Waals surface area contributed by atoms with Crippen molar-refractivity contribution in [3.05, 3.63) is 29.3 Å². The molecule has 122 valence electrons. The van der Waals surface area contributed by atoms with E-state index in [4.69, 9.17) is 11.6 Å². The maximum atomic E-state index is 12.2. The average molecular weight is 336 g/mol. The minimum atomic E-state index is -0.489. The standard InChI is InChI=1S/C15H18ClN5O2/c16-12-5-3-11(4-6-12)14-18-20-21(19-14)9-13(23)17-15(10-22)7-1-2-8-15/h3-6,22H,1-2,7-10H2,(H,17,23). The molecule has 0 aliphatic heterocycles. The summed E-state index contributed by atoms with van der Waals surface area (Å²) in [6.07, 6.45) is 3.64. The molecular weight excluding hydrogens is 318 g/mol. The number of amides is 1. The highest BCUT2D eigenvalue weighted by molar-refractivity contribution is 6.30. The number of hydrogen-bond acceptors (Lipinski definition) is 5. The van der Waals surface area contributed by atoms with Crippen LogP contribution in [0, 0.1) is 0 Å². The molecule has 0 spiro atoms. The number of carbonyl (C=O) groups excluding carboxylic acids is 1. The van der Waals surface area contributed by atoms with Gasteiger partial charge >= 0.3 is 0 Å². The molecule has 23 heavy (non-hydrogen) atoms. The zero-order valence-corrected chi connectivity index (χ0v) is 13.3. The van der Waals surface area contributed by atoms with Crippen LogP contribution in [0.3, 0.4) is 0 Å². The van der Waals surface area contributed by atoms with Crippen molar-refractivity contribution in [3.63, 3.8) is 0 Å². The second-order valence-corrected chi connectivity index (χ2v) is 6.28. The van der Waals surface area contributed by atoms with E-state index in [1.807, 2.05) is 0 Å². The third-order valence-corrected chi connectivity index (χ3v) is 4.36. The molecule has 1 aromatic heterocycles. The molecule has 0 bridgehead atoms. The third-order valence-electron chi connectivity index (χ3n) is 4.11. The lowest BCUT2D eigenvalue weighted by atomic mass is 9.99. The number of rotatable bonds is 5. The first-order valence-corrected chi connectivity index (χ1v) is 7.94. The zero-order chi connectivity index (χ0) is 16.3. The molecule has 1 aliphatic rings. The highest BCUT2D eigenvalue weighted by atomic mass is 35.5. The van der Waals surface area contributed by atoms with Crippen molar-refractivity contribution < 1.29 is 9.90 Å². The molecule has 1 saturated carbocycles. The first-order chi connectivity index (χ1) is 11.1. The van der Waals surface area contributed by atoms with Crippen LogP contribution in [-0.2, 0) is 11.3 Å². The largest absolute Gasteiger partial charge is 0.394 e. The summed E-state index contributed by atoms with van der Waals surface area (Å²) in [6, 6.07) is 7.08. The van der Waals surface area contributed by atoms with Crippen LogP contribution in [0.25, 0.3) is 11.4 Å². The molecule has 0 unspecified atom stereocenters. The Balaban J connectivity index is 1.64. The van der Waals surface area contributed by atoms with E-state index in [1.165, 1.54) is 4.80 Å². The first kappa shape index (κ1) is 15.9. The zero-order valence-electron chi connectivity index (χ0n) is 12.6. The summed E-state index contributed by atoms with van der Waals surface area (Å²) in [6.45, 7) is -0.0676. The average Bonchev–Trinajstić information content (AvgIpc) is 3.18. The van der Waals surface area contributed by atoms with Crippen LogP contribution in [0.2, 0.25) is 5.02 Å². The van der Waals surface area contributed by atoms with E-state index < -0.39 is 5.54 Å². The fourth-order valence-corrected chi connectivity index (χ4v) is 2.99. The summed E-state index contributed by atoms with van der Waals surface area (Å²) in [5.41, 5.74) is 0.292. The van der Waals surface area contributed by atoms with Crippen molar-refractivity contribution in [1.82, 2.24) is 25.5 Å². The number of benzene rings is 1. The lowest BCUT2D eigenvalue weighted by Gasteiger charge is -2.27. The van der Waals surface area contributed by atoms with Gasteiger partial charge in [0, 0.05) is 10.6 Å². The summed E-state index contributed by atoms with van der Waals surface area (Å²) < 4.78 is 0. The number of halogens is 1. The van der Waals surface area contributed by atoms with E-state index in [0.717, 1.165) is 31.2 Å². The van der Waals surface area contributed by atoms with Crippen molar-refractivity contribution >= 4 is 17.5 Å². The topological polar surface area (TPSA) is 92.9 Å². The highest BCUT2D eigenvalue weighted by Gasteiger charge is 2.34. The summed E-state index contributed by atoms with van der Waals surface area (Å²) >= 11 is 5.85. The number of aromatic nitrogens is 4. The molecule has 0 radical (unpaired) electrons. The van der Waals surface area contributed by atoms with E-state index in [2.05, 4.69) is 20.7 Å². The molecule has 2 aromatic rings. The minimum absolute atomic E-state index is 0.0255. The van der Waals surface area contributed by atoms with Gasteiger partial charge in [-0.05, 0) is 42.3 Å². The molecule has 7 nitrogen and oxygen atoms in total. The Labute approximate surface area is 138 Å². The van der Waals surface area contributed by atoms with Gasteiger partial charge in [-0.3, -0.25) is 4.79 Å². The Kier molecular flexibility index (Phi) is 4.58. The maximum Gasteiger partial charge on any atom is 0.244 e. The molecule has 0 atom stereocenters. The Morgan fingerprint density at radius 1 is 1.30 bits per heavy atom. The van der Waals surface area contributed by atoms with E-state index in [-0.39, 0.29) is 19.1 Å². The molecule has 2 N–H and O–H groups in total. The van der Waals surface area contributed by atoms with Crippen LogP contribution in [0.15, 0.2) is 24.3 Å². The van der Waals surface area contributed by atoms with E-state index in [9.17, 15) is 9.90 Å². The van der Waals surface area contributed by atoms with E-state index >= 15 is 0 Å². The summed E-state index contributed by atoms with van der Waals surface area (Å²) in [5.74, 6) is 0.216. The molecule has 1 heterocycles. The Morgan fingerprint density at radius 2 is 2.00 bits per heavy atom. The van der Waals surface area contributed by atoms with Crippen LogP contribution in [0.5, 0.6) is 0 Å². The molecule has 0 saturated heterocycles. The molecule has 1 aliphatic carbocycles. The fraction of sp³-hybridized carbons (Fsp3) is 0.467.